The number of phenolic OH excluding ortho intramolecular Hbond substituents is 1. The van der Waals surface area contributed by atoms with E-state index in [-0.39, 0.29) is 29.9 Å². The van der Waals surface area contributed by atoms with Crippen LogP contribution in [0.4, 0.5) is 5.69 Å². The molecule has 0 spiro atoms. The van der Waals surface area contributed by atoms with Gasteiger partial charge in [0.1, 0.15) is 23.3 Å². The topological polar surface area (TPSA) is 155 Å². The Labute approximate surface area is 359 Å². The van der Waals surface area contributed by atoms with E-state index >= 15 is 0 Å². The monoisotopic (exact) mass is 843 g/mol. The number of carbonyl (C=O) groups excluding carboxylic acids is 3. The number of phenols is 1. The summed E-state index contributed by atoms with van der Waals surface area (Å²) in [5, 5.41) is 32.5. The molecule has 1 aromatic heterocycles. The molecule has 4 N–H and O–H groups in total. The molecule has 4 aromatic carbocycles. The molecule has 5 aromatic rings. The van der Waals surface area contributed by atoms with Crippen LogP contribution >= 0.6 is 11.3 Å². The van der Waals surface area contributed by atoms with Gasteiger partial charge in [-0.15, -0.1) is 11.3 Å². The van der Waals surface area contributed by atoms with E-state index in [0.29, 0.717) is 48.0 Å². The van der Waals surface area contributed by atoms with Gasteiger partial charge < -0.3 is 39.3 Å². The van der Waals surface area contributed by atoms with E-state index in [2.05, 4.69) is 26.1 Å². The number of piperazine rings is 1. The van der Waals surface area contributed by atoms with Crippen molar-refractivity contribution in [1.82, 2.24) is 20.0 Å². The second kappa shape index (κ2) is 17.9. The van der Waals surface area contributed by atoms with Crippen LogP contribution < -0.4 is 25.2 Å². The fourth-order valence-electron chi connectivity index (χ4n) is 8.98. The fraction of sp³-hybridized carbons (Fsp3) is 0.370. The Morgan fingerprint density at radius 2 is 1.51 bits per heavy atom. The number of benzene rings is 4. The van der Waals surface area contributed by atoms with E-state index < -0.39 is 13.2 Å². The van der Waals surface area contributed by atoms with Crippen molar-refractivity contribution in [2.45, 2.75) is 44.7 Å². The van der Waals surface area contributed by atoms with Crippen LogP contribution in [0.3, 0.4) is 0 Å². The molecular formula is C46H50BN5O8S. The number of nitrogens with one attached hydrogen (secondary N) is 1. The highest BCUT2D eigenvalue weighted by Gasteiger charge is 2.39. The summed E-state index contributed by atoms with van der Waals surface area (Å²) in [4.78, 5) is 47.2. The Kier molecular flexibility index (Phi) is 12.0. The molecule has 5 heterocycles. The first-order valence-electron chi connectivity index (χ1n) is 21.2. The van der Waals surface area contributed by atoms with Gasteiger partial charge in [0.2, 0.25) is 11.8 Å². The summed E-state index contributed by atoms with van der Waals surface area (Å²) in [7, 11) is -1.54. The zero-order valence-corrected chi connectivity index (χ0v) is 34.8. The van der Waals surface area contributed by atoms with Gasteiger partial charge in [-0.2, -0.15) is 0 Å². The molecule has 61 heavy (non-hydrogen) atoms. The van der Waals surface area contributed by atoms with Crippen molar-refractivity contribution in [3.8, 4) is 33.4 Å². The lowest BCUT2D eigenvalue weighted by Gasteiger charge is -2.37. The number of carbonyl (C=O) groups is 3. The number of nitrogens with zero attached hydrogens (tertiary/aromatic N) is 4. The first-order valence-corrected chi connectivity index (χ1v) is 22.1. The maximum atomic E-state index is 13.1. The van der Waals surface area contributed by atoms with Crippen molar-refractivity contribution < 1.29 is 39.0 Å². The molecule has 3 amide bonds. The lowest BCUT2D eigenvalue weighted by molar-refractivity contribution is -0.136. The lowest BCUT2D eigenvalue weighted by Crippen LogP contribution is -2.52. The van der Waals surface area contributed by atoms with E-state index in [4.69, 9.17) is 9.47 Å². The number of fused-ring (bicyclic) bond motifs is 2. The summed E-state index contributed by atoms with van der Waals surface area (Å²) in [5.74, 6) is 2.04. The van der Waals surface area contributed by atoms with Gasteiger partial charge in [0.15, 0.2) is 5.75 Å². The number of piperidine rings is 2. The van der Waals surface area contributed by atoms with Gasteiger partial charge in [-0.3, -0.25) is 24.6 Å². The highest BCUT2D eigenvalue weighted by atomic mass is 32.1. The molecule has 0 saturated carbocycles. The number of likely N-dealkylation sites (tertiary alicyclic amines) is 1. The van der Waals surface area contributed by atoms with Crippen molar-refractivity contribution in [3.05, 3.63) is 96.1 Å². The highest BCUT2D eigenvalue weighted by Crippen LogP contribution is 2.47. The minimum absolute atomic E-state index is 0.135. The molecule has 0 radical (unpaired) electrons. The quantitative estimate of drug-likeness (QED) is 0.0954. The van der Waals surface area contributed by atoms with Gasteiger partial charge in [-0.1, -0.05) is 24.3 Å². The smallest absolute Gasteiger partial charge is 0.488 e. The number of amides is 3. The lowest BCUT2D eigenvalue weighted by atomic mass is 9.80. The van der Waals surface area contributed by atoms with Gasteiger partial charge in [0, 0.05) is 60.5 Å². The van der Waals surface area contributed by atoms with Crippen LogP contribution in [-0.4, -0.2) is 120 Å². The largest absolute Gasteiger partial charge is 0.508 e. The summed E-state index contributed by atoms with van der Waals surface area (Å²) in [6.07, 6.45) is 3.98. The predicted molar refractivity (Wildman–Crippen MR) is 236 cm³/mol. The Bertz CT molecular complexity index is 2390. The van der Waals surface area contributed by atoms with Gasteiger partial charge in [0.05, 0.1) is 11.5 Å². The summed E-state index contributed by atoms with van der Waals surface area (Å²) in [5.41, 5.74) is 3.99. The summed E-state index contributed by atoms with van der Waals surface area (Å²) < 4.78 is 13.6. The third-order valence-corrected chi connectivity index (χ3v) is 13.7. The van der Waals surface area contributed by atoms with E-state index in [1.54, 1.807) is 29.2 Å². The normalized spacial score (nSPS) is 19.0. The Hall–Kier alpha value is -5.45. The van der Waals surface area contributed by atoms with Gasteiger partial charge >= 0.3 is 7.12 Å². The Balaban J connectivity index is 0.693. The molecule has 3 saturated heterocycles. The van der Waals surface area contributed by atoms with Crippen LogP contribution in [-0.2, 0) is 16.1 Å². The second-order valence-corrected chi connectivity index (χ2v) is 17.6. The number of thiophene rings is 1. The maximum Gasteiger partial charge on any atom is 0.488 e. The Morgan fingerprint density at radius 1 is 0.787 bits per heavy atom. The van der Waals surface area contributed by atoms with Crippen molar-refractivity contribution in [2.75, 3.05) is 63.9 Å². The van der Waals surface area contributed by atoms with Crippen molar-refractivity contribution >= 4 is 57.4 Å². The molecule has 3 fully saturated rings. The number of hydrogen-bond donors (Lipinski definition) is 4. The van der Waals surface area contributed by atoms with Crippen LogP contribution in [0.15, 0.2) is 84.9 Å². The standard InChI is InChI=1S/C46H50BN5O8S/c53-35-7-13-39-41(27-35)61-44(31-2-4-33(5-3-31)47(57)58)43(39)60-37-10-8-36(9-11-37)59-29-30-16-20-49(21-17-30)18-1-19-50-22-24-51(25-23-50)34-6-12-38-32(26-34)28-52(46(38)56)40-14-15-42(54)48-45(40)55/h2-13,26-27,30,40,53,57-58H,1,14-25,28-29H2,(H,48,54,55). The van der Waals surface area contributed by atoms with Gasteiger partial charge in [-0.05, 0) is 135 Å². The van der Waals surface area contributed by atoms with Gasteiger partial charge in [0.25, 0.3) is 5.91 Å². The summed E-state index contributed by atoms with van der Waals surface area (Å²) in [6, 6.07) is 25.4. The molecule has 1 unspecified atom stereocenters. The fourth-order valence-corrected chi connectivity index (χ4v) is 10.1. The third kappa shape index (κ3) is 9.12. The number of aromatic hydroxyl groups is 1. The summed E-state index contributed by atoms with van der Waals surface area (Å²) in [6.45, 7) is 9.25. The molecule has 9 rings (SSSR count). The van der Waals surface area contributed by atoms with Crippen LogP contribution in [0, 0.1) is 5.92 Å². The minimum atomic E-state index is -1.54. The van der Waals surface area contributed by atoms with Crippen molar-refractivity contribution in [1.29, 1.82) is 0 Å². The number of hydrogen-bond acceptors (Lipinski definition) is 12. The van der Waals surface area contributed by atoms with E-state index in [0.717, 1.165) is 109 Å². The average Bonchev–Trinajstić information content (AvgIpc) is 3.79. The SMILES string of the molecule is O=C1CCC(N2Cc3cc(N4CCN(CCCN5CCC(COc6ccc(Oc7c(-c8ccc(B(O)O)cc8)sc8cc(O)ccc78)cc6)CC5)CC4)ccc3C2=O)C(=O)N1. The molecule has 316 valence electrons. The van der Waals surface area contributed by atoms with Crippen molar-refractivity contribution in [3.63, 3.8) is 0 Å². The molecule has 4 aliphatic heterocycles. The zero-order chi connectivity index (χ0) is 42.0. The number of ether oxygens (including phenoxy) is 2. The molecule has 0 aliphatic carbocycles. The first-order chi connectivity index (χ1) is 29.6. The molecule has 15 heteroatoms. The van der Waals surface area contributed by atoms with Crippen LogP contribution in [0.5, 0.6) is 23.0 Å². The van der Waals surface area contributed by atoms with E-state index in [9.17, 15) is 29.5 Å². The van der Waals surface area contributed by atoms with Crippen LogP contribution in [0.1, 0.15) is 48.0 Å². The zero-order valence-electron chi connectivity index (χ0n) is 34.0. The maximum absolute atomic E-state index is 13.1. The molecule has 1 atom stereocenters. The van der Waals surface area contributed by atoms with E-state index in [1.807, 2.05) is 54.6 Å². The highest BCUT2D eigenvalue weighted by molar-refractivity contribution is 7.22. The van der Waals surface area contributed by atoms with Gasteiger partial charge in [-0.25, -0.2) is 0 Å². The van der Waals surface area contributed by atoms with Crippen LogP contribution in [0.2, 0.25) is 0 Å². The summed E-state index contributed by atoms with van der Waals surface area (Å²) >= 11 is 1.50. The molecule has 0 bridgehead atoms. The van der Waals surface area contributed by atoms with Crippen molar-refractivity contribution in [2.24, 2.45) is 5.92 Å². The number of rotatable bonds is 13. The molecule has 13 nitrogen and oxygen atoms in total. The third-order valence-electron chi connectivity index (χ3n) is 12.5. The molecular weight excluding hydrogens is 793 g/mol. The molecule has 4 aliphatic rings. The Morgan fingerprint density at radius 3 is 2.23 bits per heavy atom. The second-order valence-electron chi connectivity index (χ2n) is 16.5. The first kappa shape index (κ1) is 40.9. The number of imide groups is 1. The predicted octanol–water partition coefficient (Wildman–Crippen LogP) is 4.81. The minimum Gasteiger partial charge on any atom is -0.508 e. The van der Waals surface area contributed by atoms with Crippen LogP contribution in [0.25, 0.3) is 20.5 Å². The average molecular weight is 844 g/mol. The van der Waals surface area contributed by atoms with E-state index in [1.165, 1.54) is 11.3 Å². The number of anilines is 1.